The number of carbonyl (C=O) groups excluding carboxylic acids is 1. The highest BCUT2D eigenvalue weighted by Crippen LogP contribution is 2.30. The molecule has 3 rings (SSSR count). The lowest BCUT2D eigenvalue weighted by atomic mass is 10.3. The maximum absolute atomic E-state index is 12.0. The standard InChI is InChI=1S/C18H20N4O2S2/c1-24-11-6-10-19-16(23)13-26-18-21-20-17(15-9-5-12-25-15)22(18)14-7-3-2-4-8-14/h2-5,7-9,12H,6,10-11,13H2,1H3,(H,19,23). The van der Waals surface area contributed by atoms with E-state index in [4.69, 9.17) is 4.74 Å². The third-order valence-electron chi connectivity index (χ3n) is 3.57. The summed E-state index contributed by atoms with van der Waals surface area (Å²) in [7, 11) is 1.65. The van der Waals surface area contributed by atoms with Crippen LogP contribution in [0.1, 0.15) is 6.42 Å². The molecule has 0 aliphatic rings. The maximum Gasteiger partial charge on any atom is 0.230 e. The fraction of sp³-hybridized carbons (Fsp3) is 0.278. The molecule has 136 valence electrons. The third-order valence-corrected chi connectivity index (χ3v) is 5.36. The Balaban J connectivity index is 1.74. The number of carbonyl (C=O) groups is 1. The van der Waals surface area contributed by atoms with Crippen molar-refractivity contribution < 1.29 is 9.53 Å². The van der Waals surface area contributed by atoms with E-state index in [1.54, 1.807) is 18.4 Å². The van der Waals surface area contributed by atoms with Gasteiger partial charge in [0.25, 0.3) is 0 Å². The summed E-state index contributed by atoms with van der Waals surface area (Å²) in [5, 5.41) is 14.3. The number of nitrogens with zero attached hydrogens (tertiary/aromatic N) is 3. The van der Waals surface area contributed by atoms with Gasteiger partial charge in [0.15, 0.2) is 11.0 Å². The molecule has 0 radical (unpaired) electrons. The number of para-hydroxylation sites is 1. The van der Waals surface area contributed by atoms with Gasteiger partial charge in [-0.25, -0.2) is 0 Å². The Labute approximate surface area is 160 Å². The Morgan fingerprint density at radius 3 is 2.81 bits per heavy atom. The van der Waals surface area contributed by atoms with E-state index in [9.17, 15) is 4.79 Å². The molecular weight excluding hydrogens is 368 g/mol. The van der Waals surface area contributed by atoms with Crippen molar-refractivity contribution in [3.63, 3.8) is 0 Å². The summed E-state index contributed by atoms with van der Waals surface area (Å²) in [6.45, 7) is 1.25. The van der Waals surface area contributed by atoms with Crippen LogP contribution in [0.25, 0.3) is 16.4 Å². The average molecular weight is 389 g/mol. The van der Waals surface area contributed by atoms with Gasteiger partial charge in [0.2, 0.25) is 5.91 Å². The fourth-order valence-corrected chi connectivity index (χ4v) is 3.84. The first-order chi connectivity index (χ1) is 12.8. The van der Waals surface area contributed by atoms with Crippen molar-refractivity contribution >= 4 is 29.0 Å². The first-order valence-corrected chi connectivity index (χ1v) is 10.1. The van der Waals surface area contributed by atoms with Crippen LogP contribution in [0.15, 0.2) is 53.0 Å². The number of thioether (sulfide) groups is 1. The van der Waals surface area contributed by atoms with E-state index in [2.05, 4.69) is 15.5 Å². The second-order valence-corrected chi connectivity index (χ2v) is 7.33. The summed E-state index contributed by atoms with van der Waals surface area (Å²) in [5.41, 5.74) is 0.976. The molecule has 2 aromatic heterocycles. The zero-order valence-electron chi connectivity index (χ0n) is 14.4. The van der Waals surface area contributed by atoms with E-state index in [1.165, 1.54) is 11.8 Å². The maximum atomic E-state index is 12.0. The Hall–Kier alpha value is -2.16. The number of nitrogens with one attached hydrogen (secondary N) is 1. The molecule has 26 heavy (non-hydrogen) atoms. The van der Waals surface area contributed by atoms with E-state index in [0.29, 0.717) is 24.1 Å². The van der Waals surface area contributed by atoms with Gasteiger partial charge >= 0.3 is 0 Å². The van der Waals surface area contributed by atoms with Crippen LogP contribution in [0.4, 0.5) is 0 Å². The van der Waals surface area contributed by atoms with E-state index in [0.717, 1.165) is 22.8 Å². The summed E-state index contributed by atoms with van der Waals surface area (Å²) in [5.74, 6) is 1.06. The van der Waals surface area contributed by atoms with Crippen molar-refractivity contribution in [3.8, 4) is 16.4 Å². The number of ether oxygens (including phenoxy) is 1. The zero-order chi connectivity index (χ0) is 18.2. The molecule has 1 N–H and O–H groups in total. The lowest BCUT2D eigenvalue weighted by molar-refractivity contribution is -0.118. The summed E-state index contributed by atoms with van der Waals surface area (Å²) in [6, 6.07) is 14.0. The highest BCUT2D eigenvalue weighted by Gasteiger charge is 2.17. The predicted molar refractivity (Wildman–Crippen MR) is 105 cm³/mol. The molecule has 2 heterocycles. The quantitative estimate of drug-likeness (QED) is 0.450. The molecule has 0 fully saturated rings. The monoisotopic (exact) mass is 388 g/mol. The van der Waals surface area contributed by atoms with Gasteiger partial charge in [-0.05, 0) is 30.0 Å². The van der Waals surface area contributed by atoms with Crippen LogP contribution in [0.2, 0.25) is 0 Å². The molecule has 1 aromatic carbocycles. The van der Waals surface area contributed by atoms with Crippen molar-refractivity contribution in [3.05, 3.63) is 47.8 Å². The van der Waals surface area contributed by atoms with Gasteiger partial charge in [0, 0.05) is 25.9 Å². The molecule has 0 aliphatic carbocycles. The Bertz CT molecular complexity index is 819. The topological polar surface area (TPSA) is 69.0 Å². The second-order valence-electron chi connectivity index (χ2n) is 5.44. The minimum atomic E-state index is -0.0219. The van der Waals surface area contributed by atoms with Crippen LogP contribution in [0.5, 0.6) is 0 Å². The number of amides is 1. The molecule has 0 saturated heterocycles. The molecule has 3 aromatic rings. The molecule has 0 saturated carbocycles. The van der Waals surface area contributed by atoms with Crippen LogP contribution in [-0.2, 0) is 9.53 Å². The van der Waals surface area contributed by atoms with Gasteiger partial charge in [-0.1, -0.05) is 36.0 Å². The smallest absolute Gasteiger partial charge is 0.230 e. The molecule has 6 nitrogen and oxygen atoms in total. The SMILES string of the molecule is COCCCNC(=O)CSc1nnc(-c2cccs2)n1-c1ccccc1. The minimum Gasteiger partial charge on any atom is -0.385 e. The highest BCUT2D eigenvalue weighted by molar-refractivity contribution is 7.99. The van der Waals surface area contributed by atoms with Gasteiger partial charge in [0.05, 0.1) is 10.6 Å². The Morgan fingerprint density at radius 2 is 2.08 bits per heavy atom. The molecule has 0 aliphatic heterocycles. The number of methoxy groups -OCH3 is 1. The average Bonchev–Trinajstić information content (AvgIpc) is 3.33. The summed E-state index contributed by atoms with van der Waals surface area (Å²) in [6.07, 6.45) is 0.801. The number of hydrogen-bond donors (Lipinski definition) is 1. The number of thiophene rings is 1. The van der Waals surface area contributed by atoms with Crippen molar-refractivity contribution in [2.75, 3.05) is 26.0 Å². The molecule has 0 bridgehead atoms. The van der Waals surface area contributed by atoms with Crippen LogP contribution in [0, 0.1) is 0 Å². The van der Waals surface area contributed by atoms with Crippen molar-refractivity contribution in [1.82, 2.24) is 20.1 Å². The lowest BCUT2D eigenvalue weighted by Gasteiger charge is -2.09. The Kier molecular flexibility index (Phi) is 6.82. The van der Waals surface area contributed by atoms with Gasteiger partial charge in [-0.2, -0.15) is 0 Å². The summed E-state index contributed by atoms with van der Waals surface area (Å²) in [4.78, 5) is 13.1. The van der Waals surface area contributed by atoms with Gasteiger partial charge < -0.3 is 10.1 Å². The Morgan fingerprint density at radius 1 is 1.23 bits per heavy atom. The highest BCUT2D eigenvalue weighted by atomic mass is 32.2. The van der Waals surface area contributed by atoms with Crippen LogP contribution in [-0.4, -0.2) is 46.7 Å². The second kappa shape index (κ2) is 9.51. The predicted octanol–water partition coefficient (Wildman–Crippen LogP) is 3.24. The molecule has 0 atom stereocenters. The first-order valence-electron chi connectivity index (χ1n) is 8.22. The number of aromatic nitrogens is 3. The van der Waals surface area contributed by atoms with E-state index >= 15 is 0 Å². The summed E-state index contributed by atoms with van der Waals surface area (Å²) < 4.78 is 6.97. The minimum absolute atomic E-state index is 0.0219. The van der Waals surface area contributed by atoms with Crippen LogP contribution in [0.3, 0.4) is 0 Å². The fourth-order valence-electron chi connectivity index (χ4n) is 2.36. The van der Waals surface area contributed by atoms with E-state index < -0.39 is 0 Å². The number of hydrogen-bond acceptors (Lipinski definition) is 6. The number of rotatable bonds is 9. The van der Waals surface area contributed by atoms with Crippen molar-refractivity contribution in [2.45, 2.75) is 11.6 Å². The van der Waals surface area contributed by atoms with Gasteiger partial charge in [-0.15, -0.1) is 21.5 Å². The molecule has 8 heteroatoms. The first kappa shape index (κ1) is 18.6. The third kappa shape index (κ3) is 4.72. The molecule has 0 spiro atoms. The van der Waals surface area contributed by atoms with E-state index in [-0.39, 0.29) is 5.91 Å². The lowest BCUT2D eigenvalue weighted by Crippen LogP contribution is -2.26. The van der Waals surface area contributed by atoms with Crippen LogP contribution >= 0.6 is 23.1 Å². The van der Waals surface area contributed by atoms with Crippen molar-refractivity contribution in [1.29, 1.82) is 0 Å². The number of benzene rings is 1. The zero-order valence-corrected chi connectivity index (χ0v) is 16.1. The molecule has 0 unspecified atom stereocenters. The summed E-state index contributed by atoms with van der Waals surface area (Å²) >= 11 is 3.00. The largest absolute Gasteiger partial charge is 0.385 e. The van der Waals surface area contributed by atoms with Crippen molar-refractivity contribution in [2.24, 2.45) is 0 Å². The van der Waals surface area contributed by atoms with Gasteiger partial charge in [0.1, 0.15) is 0 Å². The normalized spacial score (nSPS) is 10.8. The van der Waals surface area contributed by atoms with Crippen LogP contribution < -0.4 is 5.32 Å². The van der Waals surface area contributed by atoms with E-state index in [1.807, 2.05) is 52.4 Å². The molecule has 1 amide bonds. The van der Waals surface area contributed by atoms with Gasteiger partial charge in [-0.3, -0.25) is 9.36 Å². The molecular formula is C18H20N4O2S2.